The number of carbonyl (C=O) groups is 3. The number of hydrogen-bond donors (Lipinski definition) is 5. The fraction of sp³-hybridized carbons (Fsp3) is 0.250. The second-order valence-electron chi connectivity index (χ2n) is 6.51. The van der Waals surface area contributed by atoms with Crippen LogP contribution < -0.4 is 11.5 Å². The number of aliphatic carboxylic acids is 1. The van der Waals surface area contributed by atoms with Crippen LogP contribution in [0, 0.1) is 0 Å². The van der Waals surface area contributed by atoms with E-state index < -0.39 is 36.4 Å². The molecule has 7 N–H and O–H groups in total. The number of carbonyl (C=O) groups excluding carboxylic acids is 2. The molecule has 0 saturated heterocycles. The van der Waals surface area contributed by atoms with Gasteiger partial charge in [0.05, 0.1) is 12.6 Å². The summed E-state index contributed by atoms with van der Waals surface area (Å²) in [4.78, 5) is 37.7. The number of phenols is 2. The molecule has 2 unspecified atom stereocenters. The van der Waals surface area contributed by atoms with Gasteiger partial charge in [0.1, 0.15) is 17.5 Å². The van der Waals surface area contributed by atoms with E-state index in [9.17, 15) is 29.7 Å². The standard InChI is InChI=1S/C20H23N3O6/c21-11-18(26)23(17(20(28)29)10-13-3-7-15(25)8-4-13)19(27)16(22)9-12-1-5-14(24)6-2-12/h1-8,16-17,24-25H,9-11,21-22H2,(H,28,29). The van der Waals surface area contributed by atoms with Crippen LogP contribution in [0.1, 0.15) is 11.1 Å². The van der Waals surface area contributed by atoms with E-state index in [-0.39, 0.29) is 24.3 Å². The van der Waals surface area contributed by atoms with Crippen LogP contribution in [0.2, 0.25) is 0 Å². The first-order valence-corrected chi connectivity index (χ1v) is 8.83. The van der Waals surface area contributed by atoms with Gasteiger partial charge in [-0.2, -0.15) is 0 Å². The van der Waals surface area contributed by atoms with E-state index in [1.807, 2.05) is 0 Å². The molecular formula is C20H23N3O6. The summed E-state index contributed by atoms with van der Waals surface area (Å²) in [6, 6.07) is 9.06. The molecule has 154 valence electrons. The third kappa shape index (κ3) is 5.77. The molecule has 9 nitrogen and oxygen atoms in total. The normalized spacial score (nSPS) is 12.8. The molecule has 0 aliphatic heterocycles. The number of rotatable bonds is 8. The Bertz CT molecular complexity index is 867. The number of imide groups is 1. The molecule has 9 heteroatoms. The van der Waals surface area contributed by atoms with Crippen molar-refractivity contribution in [2.24, 2.45) is 11.5 Å². The van der Waals surface area contributed by atoms with Gasteiger partial charge in [-0.15, -0.1) is 0 Å². The predicted molar refractivity (Wildman–Crippen MR) is 104 cm³/mol. The van der Waals surface area contributed by atoms with Crippen LogP contribution in [0.3, 0.4) is 0 Å². The van der Waals surface area contributed by atoms with Crippen molar-refractivity contribution in [3.63, 3.8) is 0 Å². The van der Waals surface area contributed by atoms with Crippen LogP contribution >= 0.6 is 0 Å². The number of nitrogens with two attached hydrogens (primary N) is 2. The van der Waals surface area contributed by atoms with Crippen molar-refractivity contribution in [3.05, 3.63) is 59.7 Å². The Hall–Kier alpha value is -3.43. The first-order valence-electron chi connectivity index (χ1n) is 8.83. The molecule has 0 heterocycles. The number of hydrogen-bond acceptors (Lipinski definition) is 7. The summed E-state index contributed by atoms with van der Waals surface area (Å²) in [5, 5.41) is 28.4. The molecule has 2 atom stereocenters. The molecule has 0 bridgehead atoms. The molecule has 0 aromatic heterocycles. The van der Waals surface area contributed by atoms with Gasteiger partial charge in [-0.25, -0.2) is 4.79 Å². The van der Waals surface area contributed by atoms with Crippen molar-refractivity contribution in [2.45, 2.75) is 24.9 Å². The number of amides is 2. The number of benzene rings is 2. The number of carboxylic acid groups (broad SMARTS) is 1. The van der Waals surface area contributed by atoms with Gasteiger partial charge in [-0.3, -0.25) is 14.5 Å². The highest BCUT2D eigenvalue weighted by Crippen LogP contribution is 2.17. The Morgan fingerprint density at radius 3 is 1.72 bits per heavy atom. The maximum atomic E-state index is 12.9. The summed E-state index contributed by atoms with van der Waals surface area (Å²) in [5.41, 5.74) is 12.5. The lowest BCUT2D eigenvalue weighted by Crippen LogP contribution is -2.57. The average molecular weight is 401 g/mol. The molecule has 0 aliphatic rings. The maximum absolute atomic E-state index is 12.9. The predicted octanol–water partition coefficient (Wildman–Crippen LogP) is -0.0226. The zero-order valence-electron chi connectivity index (χ0n) is 15.6. The molecular weight excluding hydrogens is 378 g/mol. The molecule has 0 spiro atoms. The van der Waals surface area contributed by atoms with Crippen LogP contribution in [0.15, 0.2) is 48.5 Å². The fourth-order valence-corrected chi connectivity index (χ4v) is 2.84. The Balaban J connectivity index is 2.26. The van der Waals surface area contributed by atoms with Gasteiger partial charge >= 0.3 is 5.97 Å². The Morgan fingerprint density at radius 1 is 0.862 bits per heavy atom. The first kappa shape index (κ1) is 21.9. The fourth-order valence-electron chi connectivity index (χ4n) is 2.84. The van der Waals surface area contributed by atoms with Crippen molar-refractivity contribution in [3.8, 4) is 11.5 Å². The highest BCUT2D eigenvalue weighted by atomic mass is 16.4. The topological polar surface area (TPSA) is 167 Å². The Morgan fingerprint density at radius 2 is 1.31 bits per heavy atom. The average Bonchev–Trinajstić information content (AvgIpc) is 2.70. The van der Waals surface area contributed by atoms with E-state index in [2.05, 4.69) is 0 Å². The molecule has 2 aromatic rings. The van der Waals surface area contributed by atoms with Crippen molar-refractivity contribution < 1.29 is 29.7 Å². The minimum atomic E-state index is -1.51. The van der Waals surface area contributed by atoms with E-state index >= 15 is 0 Å². The second-order valence-corrected chi connectivity index (χ2v) is 6.51. The zero-order chi connectivity index (χ0) is 21.6. The van der Waals surface area contributed by atoms with E-state index in [4.69, 9.17) is 11.5 Å². The van der Waals surface area contributed by atoms with Gasteiger partial charge in [0, 0.05) is 6.42 Å². The lowest BCUT2D eigenvalue weighted by molar-refractivity contribution is -0.158. The van der Waals surface area contributed by atoms with E-state index in [0.29, 0.717) is 16.0 Å². The minimum absolute atomic E-state index is 0.00233. The van der Waals surface area contributed by atoms with Gasteiger partial charge in [0.2, 0.25) is 11.8 Å². The van der Waals surface area contributed by atoms with Crippen LogP contribution in [-0.4, -0.2) is 56.6 Å². The van der Waals surface area contributed by atoms with Gasteiger partial charge < -0.3 is 26.8 Å². The third-order valence-corrected chi connectivity index (χ3v) is 4.35. The van der Waals surface area contributed by atoms with Crippen molar-refractivity contribution >= 4 is 17.8 Å². The van der Waals surface area contributed by atoms with Crippen molar-refractivity contribution in [2.75, 3.05) is 6.54 Å². The summed E-state index contributed by atoms with van der Waals surface area (Å²) >= 11 is 0. The van der Waals surface area contributed by atoms with E-state index in [1.54, 1.807) is 12.1 Å². The number of nitrogens with zero attached hydrogens (tertiary/aromatic N) is 1. The van der Waals surface area contributed by atoms with Crippen LogP contribution in [0.25, 0.3) is 0 Å². The number of carboxylic acids is 1. The van der Waals surface area contributed by atoms with Crippen LogP contribution in [-0.2, 0) is 27.2 Å². The molecule has 0 aliphatic carbocycles. The highest BCUT2D eigenvalue weighted by molar-refractivity contribution is 6.02. The molecule has 2 amide bonds. The lowest BCUT2D eigenvalue weighted by atomic mass is 10.0. The van der Waals surface area contributed by atoms with Gasteiger partial charge in [-0.1, -0.05) is 24.3 Å². The summed E-state index contributed by atoms with van der Waals surface area (Å²) in [5.74, 6) is -3.05. The molecule has 0 saturated carbocycles. The summed E-state index contributed by atoms with van der Waals surface area (Å²) < 4.78 is 0. The Labute approximate surface area is 167 Å². The summed E-state index contributed by atoms with van der Waals surface area (Å²) in [7, 11) is 0. The van der Waals surface area contributed by atoms with Gasteiger partial charge in [0.25, 0.3) is 0 Å². The van der Waals surface area contributed by atoms with E-state index in [0.717, 1.165) is 0 Å². The SMILES string of the molecule is NCC(=O)N(C(=O)C(N)Cc1ccc(O)cc1)C(Cc1ccc(O)cc1)C(=O)O. The van der Waals surface area contributed by atoms with Crippen LogP contribution in [0.5, 0.6) is 11.5 Å². The molecule has 0 fully saturated rings. The third-order valence-electron chi connectivity index (χ3n) is 4.35. The number of aromatic hydroxyl groups is 2. The molecule has 29 heavy (non-hydrogen) atoms. The molecule has 2 rings (SSSR count). The van der Waals surface area contributed by atoms with Crippen LogP contribution in [0.4, 0.5) is 0 Å². The second kappa shape index (κ2) is 9.67. The largest absolute Gasteiger partial charge is 0.508 e. The highest BCUT2D eigenvalue weighted by Gasteiger charge is 2.36. The quantitative estimate of drug-likeness (QED) is 0.411. The van der Waals surface area contributed by atoms with Crippen molar-refractivity contribution in [1.29, 1.82) is 0 Å². The molecule has 0 radical (unpaired) electrons. The summed E-state index contributed by atoms with van der Waals surface area (Å²) in [6.07, 6.45) is -0.127. The van der Waals surface area contributed by atoms with Gasteiger partial charge in [-0.05, 0) is 41.8 Å². The minimum Gasteiger partial charge on any atom is -0.508 e. The number of phenolic OH excluding ortho intramolecular Hbond substituents is 2. The zero-order valence-corrected chi connectivity index (χ0v) is 15.6. The lowest BCUT2D eigenvalue weighted by Gasteiger charge is -2.29. The smallest absolute Gasteiger partial charge is 0.327 e. The Kier molecular flexibility index (Phi) is 7.29. The first-order chi connectivity index (χ1) is 13.7. The van der Waals surface area contributed by atoms with Crippen molar-refractivity contribution in [1.82, 2.24) is 4.90 Å². The monoisotopic (exact) mass is 401 g/mol. The molecule has 2 aromatic carbocycles. The maximum Gasteiger partial charge on any atom is 0.327 e. The summed E-state index contributed by atoms with van der Waals surface area (Å²) in [6.45, 7) is -0.559. The van der Waals surface area contributed by atoms with E-state index in [1.165, 1.54) is 36.4 Å². The van der Waals surface area contributed by atoms with Gasteiger partial charge in [0.15, 0.2) is 0 Å².